The van der Waals surface area contributed by atoms with Crippen molar-refractivity contribution in [2.24, 2.45) is 0 Å². The molecule has 0 aliphatic carbocycles. The highest BCUT2D eigenvalue weighted by Crippen LogP contribution is 2.26. The predicted octanol–water partition coefficient (Wildman–Crippen LogP) is 2.81. The minimum absolute atomic E-state index is 0.135. The van der Waals surface area contributed by atoms with Crippen LogP contribution in [-0.2, 0) is 6.54 Å². The van der Waals surface area contributed by atoms with Crippen LogP contribution in [0.2, 0.25) is 0 Å². The van der Waals surface area contributed by atoms with Crippen LogP contribution in [0.25, 0.3) is 0 Å². The van der Waals surface area contributed by atoms with Gasteiger partial charge < -0.3 is 20.2 Å². The largest absolute Gasteiger partial charge is 0.478 e. The molecule has 5 heteroatoms. The second-order valence-electron chi connectivity index (χ2n) is 4.89. The summed E-state index contributed by atoms with van der Waals surface area (Å²) in [7, 11) is 1.91. The predicted molar refractivity (Wildman–Crippen MR) is 78.1 cm³/mol. The Labute approximate surface area is 117 Å². The van der Waals surface area contributed by atoms with Crippen LogP contribution >= 0.6 is 0 Å². The topological polar surface area (TPSA) is 79.7 Å². The molecule has 2 rings (SSSR count). The van der Waals surface area contributed by atoms with E-state index in [1.165, 1.54) is 0 Å². The second kappa shape index (κ2) is 5.28. The van der Waals surface area contributed by atoms with Crippen LogP contribution in [0.15, 0.2) is 28.9 Å². The summed E-state index contributed by atoms with van der Waals surface area (Å²) in [6.07, 6.45) is 1.65. The number of nitrogen functional groups attached to an aromatic ring is 1. The summed E-state index contributed by atoms with van der Waals surface area (Å²) in [6.45, 7) is 4.35. The number of carboxylic acids is 1. The summed E-state index contributed by atoms with van der Waals surface area (Å²) in [5.74, 6) is -0.150. The number of hydrogen-bond acceptors (Lipinski definition) is 4. The molecule has 0 saturated carbocycles. The van der Waals surface area contributed by atoms with Crippen molar-refractivity contribution in [2.45, 2.75) is 20.4 Å². The second-order valence-corrected chi connectivity index (χ2v) is 4.89. The number of aromatic carboxylic acids is 1. The van der Waals surface area contributed by atoms with Gasteiger partial charge in [-0.25, -0.2) is 4.79 Å². The molecule has 106 valence electrons. The zero-order valence-corrected chi connectivity index (χ0v) is 11.8. The normalized spacial score (nSPS) is 10.6. The number of carbonyl (C=O) groups is 1. The first-order valence-corrected chi connectivity index (χ1v) is 6.27. The van der Waals surface area contributed by atoms with Crippen molar-refractivity contribution in [3.05, 3.63) is 46.9 Å². The molecule has 1 aromatic carbocycles. The van der Waals surface area contributed by atoms with Crippen LogP contribution in [0.5, 0.6) is 0 Å². The summed E-state index contributed by atoms with van der Waals surface area (Å²) in [4.78, 5) is 13.2. The van der Waals surface area contributed by atoms with E-state index < -0.39 is 5.97 Å². The Balaban J connectivity index is 2.33. The quantitative estimate of drug-likeness (QED) is 0.838. The van der Waals surface area contributed by atoms with E-state index in [1.54, 1.807) is 12.3 Å². The average Bonchev–Trinajstić information content (AvgIpc) is 2.77. The highest BCUT2D eigenvalue weighted by molar-refractivity contribution is 5.95. The van der Waals surface area contributed by atoms with E-state index in [0.29, 0.717) is 12.2 Å². The van der Waals surface area contributed by atoms with Crippen molar-refractivity contribution < 1.29 is 14.3 Å². The number of benzene rings is 1. The summed E-state index contributed by atoms with van der Waals surface area (Å²) in [6, 6.07) is 5.39. The smallest absolute Gasteiger partial charge is 0.337 e. The molecule has 0 aliphatic heterocycles. The number of nitrogens with zero attached hydrogens (tertiary/aromatic N) is 1. The maximum atomic E-state index is 11.2. The van der Waals surface area contributed by atoms with Gasteiger partial charge in [-0.15, -0.1) is 0 Å². The van der Waals surface area contributed by atoms with E-state index in [1.807, 2.05) is 37.9 Å². The molecule has 1 heterocycles. The third-order valence-corrected chi connectivity index (χ3v) is 3.42. The lowest BCUT2D eigenvalue weighted by Gasteiger charge is -2.21. The van der Waals surface area contributed by atoms with E-state index in [-0.39, 0.29) is 5.56 Å². The van der Waals surface area contributed by atoms with Crippen molar-refractivity contribution in [1.29, 1.82) is 0 Å². The molecule has 0 fully saturated rings. The zero-order chi connectivity index (χ0) is 14.9. The molecule has 20 heavy (non-hydrogen) atoms. The Morgan fingerprint density at radius 2 is 2.10 bits per heavy atom. The first-order valence-electron chi connectivity index (χ1n) is 6.27. The molecule has 0 bridgehead atoms. The van der Waals surface area contributed by atoms with Gasteiger partial charge in [-0.2, -0.15) is 0 Å². The Kier molecular flexibility index (Phi) is 3.70. The zero-order valence-electron chi connectivity index (χ0n) is 11.8. The van der Waals surface area contributed by atoms with Crippen LogP contribution in [0.4, 0.5) is 11.4 Å². The number of rotatable bonds is 4. The summed E-state index contributed by atoms with van der Waals surface area (Å²) >= 11 is 0. The van der Waals surface area contributed by atoms with Crippen molar-refractivity contribution in [1.82, 2.24) is 0 Å². The van der Waals surface area contributed by atoms with E-state index in [9.17, 15) is 9.90 Å². The Morgan fingerprint density at radius 1 is 1.40 bits per heavy atom. The molecule has 0 aliphatic rings. The fourth-order valence-corrected chi connectivity index (χ4v) is 2.10. The maximum absolute atomic E-state index is 11.2. The van der Waals surface area contributed by atoms with Crippen LogP contribution in [0, 0.1) is 13.8 Å². The van der Waals surface area contributed by atoms with Crippen molar-refractivity contribution in [2.75, 3.05) is 17.7 Å². The molecule has 0 amide bonds. The Bertz CT molecular complexity index is 647. The molecule has 0 saturated heterocycles. The first kappa shape index (κ1) is 14.0. The fraction of sp³-hybridized carbons (Fsp3) is 0.267. The molecular formula is C15H18N2O3. The number of anilines is 2. The Morgan fingerprint density at radius 3 is 2.65 bits per heavy atom. The van der Waals surface area contributed by atoms with Gasteiger partial charge in [0.2, 0.25) is 0 Å². The van der Waals surface area contributed by atoms with Gasteiger partial charge in [0, 0.05) is 30.5 Å². The number of aryl methyl sites for hydroxylation is 2. The molecular weight excluding hydrogens is 256 g/mol. The van der Waals surface area contributed by atoms with Crippen LogP contribution < -0.4 is 10.6 Å². The van der Waals surface area contributed by atoms with Gasteiger partial charge in [0.1, 0.15) is 5.76 Å². The van der Waals surface area contributed by atoms with Gasteiger partial charge in [0.15, 0.2) is 0 Å². The SMILES string of the molecule is Cc1cc(N(C)Cc2ccoc2C)cc(C(=O)O)c1N. The lowest BCUT2D eigenvalue weighted by atomic mass is 10.1. The highest BCUT2D eigenvalue weighted by atomic mass is 16.4. The van der Waals surface area contributed by atoms with Crippen molar-refractivity contribution in [3.63, 3.8) is 0 Å². The van der Waals surface area contributed by atoms with E-state index >= 15 is 0 Å². The summed E-state index contributed by atoms with van der Waals surface area (Å²) in [5, 5.41) is 9.18. The molecule has 3 N–H and O–H groups in total. The van der Waals surface area contributed by atoms with E-state index in [0.717, 1.165) is 22.6 Å². The molecule has 5 nitrogen and oxygen atoms in total. The molecule has 1 aromatic heterocycles. The monoisotopic (exact) mass is 274 g/mol. The third-order valence-electron chi connectivity index (χ3n) is 3.42. The molecule has 2 aromatic rings. The minimum atomic E-state index is -1.01. The fourth-order valence-electron chi connectivity index (χ4n) is 2.10. The van der Waals surface area contributed by atoms with Crippen LogP contribution in [-0.4, -0.2) is 18.1 Å². The molecule has 0 unspecified atom stereocenters. The Hall–Kier alpha value is -2.43. The number of carboxylic acid groups (broad SMARTS) is 1. The van der Waals surface area contributed by atoms with Crippen molar-refractivity contribution >= 4 is 17.3 Å². The molecule has 0 radical (unpaired) electrons. The number of hydrogen-bond donors (Lipinski definition) is 2. The summed E-state index contributed by atoms with van der Waals surface area (Å²) in [5.41, 5.74) is 8.89. The lowest BCUT2D eigenvalue weighted by Crippen LogP contribution is -2.18. The maximum Gasteiger partial charge on any atom is 0.337 e. The van der Waals surface area contributed by atoms with Crippen LogP contribution in [0.1, 0.15) is 27.2 Å². The first-order chi connectivity index (χ1) is 9.40. The van der Waals surface area contributed by atoms with Gasteiger partial charge >= 0.3 is 5.97 Å². The van der Waals surface area contributed by atoms with Crippen molar-refractivity contribution in [3.8, 4) is 0 Å². The molecule has 0 spiro atoms. The van der Waals surface area contributed by atoms with Gasteiger partial charge in [-0.1, -0.05) is 0 Å². The van der Waals surface area contributed by atoms with E-state index in [4.69, 9.17) is 10.2 Å². The number of furan rings is 1. The van der Waals surface area contributed by atoms with Crippen LogP contribution in [0.3, 0.4) is 0 Å². The highest BCUT2D eigenvalue weighted by Gasteiger charge is 2.14. The molecule has 0 atom stereocenters. The van der Waals surface area contributed by atoms with E-state index in [2.05, 4.69) is 0 Å². The summed E-state index contributed by atoms with van der Waals surface area (Å²) < 4.78 is 5.27. The minimum Gasteiger partial charge on any atom is -0.478 e. The van der Waals surface area contributed by atoms with Gasteiger partial charge in [0.05, 0.1) is 11.8 Å². The average molecular weight is 274 g/mol. The lowest BCUT2D eigenvalue weighted by molar-refractivity contribution is 0.0698. The van der Waals surface area contributed by atoms with Gasteiger partial charge in [-0.3, -0.25) is 0 Å². The van der Waals surface area contributed by atoms with Gasteiger partial charge in [-0.05, 0) is 37.6 Å². The van der Waals surface area contributed by atoms with Gasteiger partial charge in [0.25, 0.3) is 0 Å². The number of nitrogens with two attached hydrogens (primary N) is 1. The standard InChI is InChI=1S/C15H18N2O3/c1-9-6-12(7-13(14(9)16)15(18)19)17(3)8-11-4-5-20-10(11)2/h4-7H,8,16H2,1-3H3,(H,18,19). The third kappa shape index (κ3) is 2.61.